The van der Waals surface area contributed by atoms with Crippen molar-refractivity contribution in [3.63, 3.8) is 0 Å². The van der Waals surface area contributed by atoms with Crippen LogP contribution >= 0.6 is 22.9 Å². The van der Waals surface area contributed by atoms with Gasteiger partial charge in [0.2, 0.25) is 0 Å². The van der Waals surface area contributed by atoms with E-state index in [2.05, 4.69) is 10.3 Å². The van der Waals surface area contributed by atoms with E-state index in [4.69, 9.17) is 11.6 Å². The van der Waals surface area contributed by atoms with Gasteiger partial charge >= 0.3 is 6.18 Å². The molecule has 1 saturated heterocycles. The first-order valence-electron chi connectivity index (χ1n) is 12.7. The molecule has 4 aromatic rings. The Kier molecular flexibility index (Phi) is 8.23. The molecule has 3 aromatic carbocycles. The Balaban J connectivity index is 1.20. The average Bonchev–Trinajstić information content (AvgIpc) is 3.47. The molecule has 0 saturated carbocycles. The van der Waals surface area contributed by atoms with Gasteiger partial charge < -0.3 is 10.2 Å². The van der Waals surface area contributed by atoms with Crippen molar-refractivity contribution in [2.75, 3.05) is 13.1 Å². The summed E-state index contributed by atoms with van der Waals surface area (Å²) in [5.41, 5.74) is 2.18. The lowest BCUT2D eigenvalue weighted by molar-refractivity contribution is -0.137. The van der Waals surface area contributed by atoms with Gasteiger partial charge in [0.25, 0.3) is 11.8 Å². The minimum absolute atomic E-state index is 0.136. The molecule has 1 aliphatic rings. The number of piperidine rings is 1. The Labute approximate surface area is 238 Å². The maximum atomic E-state index is 13.4. The van der Waals surface area contributed by atoms with E-state index in [0.717, 1.165) is 22.7 Å². The number of carbonyl (C=O) groups excluding carboxylic acids is 2. The maximum absolute atomic E-state index is 13.4. The van der Waals surface area contributed by atoms with Crippen molar-refractivity contribution in [3.8, 4) is 11.1 Å². The molecule has 1 N–H and O–H groups in total. The number of likely N-dealkylation sites (tertiary alicyclic amines) is 1. The summed E-state index contributed by atoms with van der Waals surface area (Å²) in [6, 6.07) is 19.1. The Morgan fingerprint density at radius 3 is 2.33 bits per heavy atom. The molecule has 1 aromatic heterocycles. The third kappa shape index (κ3) is 6.37. The average molecular weight is 584 g/mol. The molecular weight excluding hydrogens is 559 g/mol. The first-order chi connectivity index (χ1) is 19.2. The van der Waals surface area contributed by atoms with Crippen LogP contribution in [0.3, 0.4) is 0 Å². The van der Waals surface area contributed by atoms with Crippen molar-refractivity contribution in [2.45, 2.75) is 31.5 Å². The number of hydrogen-bond acceptors (Lipinski definition) is 4. The summed E-state index contributed by atoms with van der Waals surface area (Å²) in [5, 5.41) is 6.13. The van der Waals surface area contributed by atoms with Gasteiger partial charge in [-0.2, -0.15) is 13.2 Å². The lowest BCUT2D eigenvalue weighted by Gasteiger charge is -2.31. The van der Waals surface area contributed by atoms with Crippen LogP contribution < -0.4 is 5.32 Å². The number of benzene rings is 3. The normalized spacial score (nSPS) is 14.2. The molecule has 0 bridgehead atoms. The molecule has 40 heavy (non-hydrogen) atoms. The molecule has 206 valence electrons. The second-order valence-corrected chi connectivity index (χ2v) is 10.9. The summed E-state index contributed by atoms with van der Waals surface area (Å²) < 4.78 is 39.0. The lowest BCUT2D eigenvalue weighted by atomic mass is 9.94. The number of amides is 2. The molecular formula is C30H25ClF3N3O2S. The number of nitrogens with one attached hydrogen (secondary N) is 1. The van der Waals surface area contributed by atoms with Crippen LogP contribution in [0.4, 0.5) is 13.2 Å². The molecule has 2 heterocycles. The van der Waals surface area contributed by atoms with E-state index in [1.807, 2.05) is 12.1 Å². The standard InChI is InChI=1S/C30H25ClF3N3O2S/c31-23-11-5-19(6-12-23)17-35-27(38)26-18-40-28(36-26)21-13-15-37(16-14-21)29(39)25-4-2-1-3-24(25)20-7-9-22(10-8-20)30(32,33)34/h1-12,18,21H,13-17H2,(H,35,38). The summed E-state index contributed by atoms with van der Waals surface area (Å²) in [7, 11) is 0. The zero-order valence-electron chi connectivity index (χ0n) is 21.2. The predicted octanol–water partition coefficient (Wildman–Crippen LogP) is 7.43. The number of carbonyl (C=O) groups is 2. The SMILES string of the molecule is O=C(NCc1ccc(Cl)cc1)c1csc(C2CCN(C(=O)c3ccccc3-c3ccc(C(F)(F)F)cc3)CC2)n1. The molecule has 0 radical (unpaired) electrons. The number of halogens is 4. The Bertz CT molecular complexity index is 1500. The van der Waals surface area contributed by atoms with Crippen molar-refractivity contribution in [3.05, 3.63) is 111 Å². The van der Waals surface area contributed by atoms with Gasteiger partial charge in [-0.15, -0.1) is 11.3 Å². The maximum Gasteiger partial charge on any atom is 0.416 e. The van der Waals surface area contributed by atoms with Crippen LogP contribution in [0.5, 0.6) is 0 Å². The second-order valence-electron chi connectivity index (χ2n) is 9.57. The van der Waals surface area contributed by atoms with E-state index in [9.17, 15) is 22.8 Å². The third-order valence-electron chi connectivity index (χ3n) is 6.93. The van der Waals surface area contributed by atoms with Crippen molar-refractivity contribution < 1.29 is 22.8 Å². The smallest absolute Gasteiger partial charge is 0.347 e. The highest BCUT2D eigenvalue weighted by molar-refractivity contribution is 7.09. The van der Waals surface area contributed by atoms with Crippen molar-refractivity contribution in [2.24, 2.45) is 0 Å². The van der Waals surface area contributed by atoms with Gasteiger partial charge in [-0.05, 0) is 59.9 Å². The largest absolute Gasteiger partial charge is 0.416 e. The van der Waals surface area contributed by atoms with Gasteiger partial charge in [0.1, 0.15) is 5.69 Å². The van der Waals surface area contributed by atoms with Crippen LogP contribution in [0.25, 0.3) is 11.1 Å². The van der Waals surface area contributed by atoms with Crippen LogP contribution in [0.2, 0.25) is 5.02 Å². The first kappa shape index (κ1) is 27.9. The van der Waals surface area contributed by atoms with Gasteiger partial charge in [-0.3, -0.25) is 9.59 Å². The van der Waals surface area contributed by atoms with Gasteiger partial charge in [0, 0.05) is 41.5 Å². The van der Waals surface area contributed by atoms with Crippen LogP contribution in [-0.4, -0.2) is 34.8 Å². The monoisotopic (exact) mass is 583 g/mol. The van der Waals surface area contributed by atoms with Gasteiger partial charge in [-0.1, -0.05) is 54.1 Å². The number of alkyl halides is 3. The zero-order chi connectivity index (χ0) is 28.3. The van der Waals surface area contributed by atoms with E-state index in [-0.39, 0.29) is 17.7 Å². The van der Waals surface area contributed by atoms with Crippen LogP contribution in [0, 0.1) is 0 Å². The van der Waals surface area contributed by atoms with E-state index in [0.29, 0.717) is 59.9 Å². The topological polar surface area (TPSA) is 62.3 Å². The van der Waals surface area contributed by atoms with Gasteiger partial charge in [-0.25, -0.2) is 4.98 Å². The number of thiazole rings is 1. The number of rotatable bonds is 6. The molecule has 0 aliphatic carbocycles. The molecule has 5 nitrogen and oxygen atoms in total. The molecule has 5 rings (SSSR count). The molecule has 0 unspecified atom stereocenters. The fourth-order valence-electron chi connectivity index (χ4n) is 4.71. The quantitative estimate of drug-likeness (QED) is 0.257. The van der Waals surface area contributed by atoms with Gasteiger partial charge in [0.15, 0.2) is 0 Å². The summed E-state index contributed by atoms with van der Waals surface area (Å²) in [6.45, 7) is 1.41. The van der Waals surface area contributed by atoms with Crippen molar-refractivity contribution >= 4 is 34.8 Å². The summed E-state index contributed by atoms with van der Waals surface area (Å²) in [5.74, 6) is -0.266. The van der Waals surface area contributed by atoms with Crippen molar-refractivity contribution in [1.29, 1.82) is 0 Å². The second kappa shape index (κ2) is 11.8. The molecule has 1 fully saturated rings. The summed E-state index contributed by atoms with van der Waals surface area (Å²) in [6.07, 6.45) is -3.02. The predicted molar refractivity (Wildman–Crippen MR) is 149 cm³/mol. The first-order valence-corrected chi connectivity index (χ1v) is 14.0. The summed E-state index contributed by atoms with van der Waals surface area (Å²) >= 11 is 7.35. The molecule has 1 aliphatic heterocycles. The van der Waals surface area contributed by atoms with E-state index < -0.39 is 11.7 Å². The Morgan fingerprint density at radius 1 is 0.975 bits per heavy atom. The minimum atomic E-state index is -4.42. The zero-order valence-corrected chi connectivity index (χ0v) is 22.8. The minimum Gasteiger partial charge on any atom is -0.347 e. The molecule has 2 amide bonds. The van der Waals surface area contributed by atoms with E-state index >= 15 is 0 Å². The molecule has 0 spiro atoms. The highest BCUT2D eigenvalue weighted by atomic mass is 35.5. The van der Waals surface area contributed by atoms with Crippen LogP contribution in [0.15, 0.2) is 78.2 Å². The fraction of sp³-hybridized carbons (Fsp3) is 0.233. The number of aromatic nitrogens is 1. The van der Waals surface area contributed by atoms with Crippen LogP contribution in [0.1, 0.15) is 55.7 Å². The van der Waals surface area contributed by atoms with E-state index in [1.54, 1.807) is 46.7 Å². The summed E-state index contributed by atoms with van der Waals surface area (Å²) in [4.78, 5) is 32.4. The Morgan fingerprint density at radius 2 is 1.65 bits per heavy atom. The van der Waals surface area contributed by atoms with Gasteiger partial charge in [0.05, 0.1) is 10.6 Å². The van der Waals surface area contributed by atoms with Crippen LogP contribution in [-0.2, 0) is 12.7 Å². The highest BCUT2D eigenvalue weighted by Crippen LogP contribution is 2.34. The number of nitrogens with zero attached hydrogens (tertiary/aromatic N) is 2. The van der Waals surface area contributed by atoms with E-state index in [1.165, 1.54) is 23.5 Å². The molecule has 10 heteroatoms. The fourth-order valence-corrected chi connectivity index (χ4v) is 5.81. The third-order valence-corrected chi connectivity index (χ3v) is 8.19. The number of hydrogen-bond donors (Lipinski definition) is 1. The highest BCUT2D eigenvalue weighted by Gasteiger charge is 2.31. The Hall–Kier alpha value is -3.69. The lowest BCUT2D eigenvalue weighted by Crippen LogP contribution is -2.38. The molecule has 0 atom stereocenters. The van der Waals surface area contributed by atoms with Crippen molar-refractivity contribution in [1.82, 2.24) is 15.2 Å².